The van der Waals surface area contributed by atoms with Crippen LogP contribution in [0, 0.1) is 5.82 Å². The second-order valence-electron chi connectivity index (χ2n) is 5.10. The van der Waals surface area contributed by atoms with Crippen molar-refractivity contribution in [3.05, 3.63) is 46.2 Å². The number of thioether (sulfide) groups is 1. The van der Waals surface area contributed by atoms with Crippen molar-refractivity contribution in [2.45, 2.75) is 17.5 Å². The molecule has 11 heteroatoms. The van der Waals surface area contributed by atoms with E-state index in [-0.39, 0.29) is 29.8 Å². The van der Waals surface area contributed by atoms with Gasteiger partial charge in [-0.2, -0.15) is 13.2 Å². The first-order valence-electron chi connectivity index (χ1n) is 7.73. The van der Waals surface area contributed by atoms with Gasteiger partial charge in [0.05, 0.1) is 5.01 Å². The minimum atomic E-state index is -4.40. The van der Waals surface area contributed by atoms with Crippen LogP contribution in [0.4, 0.5) is 17.6 Å². The van der Waals surface area contributed by atoms with Crippen LogP contribution in [0.2, 0.25) is 0 Å². The van der Waals surface area contributed by atoms with Gasteiger partial charge in [-0.15, -0.1) is 47.1 Å². The first kappa shape index (κ1) is 24.0. The van der Waals surface area contributed by atoms with Crippen LogP contribution in [-0.4, -0.2) is 36.8 Å². The van der Waals surface area contributed by atoms with E-state index in [9.17, 15) is 17.6 Å². The molecule has 0 spiro atoms. The number of thiazole rings is 1. The van der Waals surface area contributed by atoms with Crippen LogP contribution < -0.4 is 10.6 Å². The number of hydrogen-bond donors (Lipinski definition) is 2. The van der Waals surface area contributed by atoms with E-state index in [0.717, 1.165) is 27.4 Å². The maximum Gasteiger partial charge on any atom is 0.434 e. The summed E-state index contributed by atoms with van der Waals surface area (Å²) in [6, 6.07) is 6.27. The number of benzene rings is 1. The number of aromatic nitrogens is 1. The van der Waals surface area contributed by atoms with Crippen molar-refractivity contribution in [3.8, 4) is 0 Å². The highest BCUT2D eigenvalue weighted by atomic mass is 127. The number of aliphatic imine (C=N–C) groups is 1. The van der Waals surface area contributed by atoms with Gasteiger partial charge in [0.25, 0.3) is 0 Å². The Kier molecular flexibility index (Phi) is 10.4. The molecule has 0 saturated carbocycles. The molecule has 150 valence electrons. The lowest BCUT2D eigenvalue weighted by Crippen LogP contribution is -2.39. The second kappa shape index (κ2) is 11.7. The zero-order valence-corrected chi connectivity index (χ0v) is 18.3. The van der Waals surface area contributed by atoms with Gasteiger partial charge in [0.15, 0.2) is 11.7 Å². The lowest BCUT2D eigenvalue weighted by atomic mass is 10.4. The van der Waals surface area contributed by atoms with Crippen LogP contribution >= 0.6 is 47.1 Å². The maximum absolute atomic E-state index is 12.8. The van der Waals surface area contributed by atoms with Crippen LogP contribution in [0.15, 0.2) is 39.5 Å². The Hall–Kier alpha value is -1.08. The minimum Gasteiger partial charge on any atom is -0.356 e. The van der Waals surface area contributed by atoms with E-state index >= 15 is 0 Å². The van der Waals surface area contributed by atoms with E-state index in [1.165, 1.54) is 12.1 Å². The number of halogens is 5. The molecular formula is C16H19F4IN4S2. The fourth-order valence-electron chi connectivity index (χ4n) is 1.93. The Balaban J connectivity index is 0.00000364. The number of guanidine groups is 1. The highest BCUT2D eigenvalue weighted by Crippen LogP contribution is 2.30. The monoisotopic (exact) mass is 534 g/mol. The molecular weight excluding hydrogens is 515 g/mol. The molecule has 0 atom stereocenters. The van der Waals surface area contributed by atoms with Gasteiger partial charge in [-0.3, -0.25) is 4.99 Å². The van der Waals surface area contributed by atoms with E-state index in [1.807, 2.05) is 0 Å². The van der Waals surface area contributed by atoms with E-state index in [1.54, 1.807) is 30.9 Å². The summed E-state index contributed by atoms with van der Waals surface area (Å²) in [7, 11) is 1.62. The van der Waals surface area contributed by atoms with E-state index in [4.69, 9.17) is 0 Å². The summed E-state index contributed by atoms with van der Waals surface area (Å²) in [4.78, 5) is 8.61. The molecule has 2 rings (SSSR count). The molecule has 0 unspecified atom stereocenters. The average molecular weight is 534 g/mol. The molecule has 1 heterocycles. The van der Waals surface area contributed by atoms with E-state index in [2.05, 4.69) is 20.6 Å². The normalized spacial score (nSPS) is 11.8. The molecule has 1 aromatic heterocycles. The van der Waals surface area contributed by atoms with Crippen LogP contribution in [0.5, 0.6) is 0 Å². The summed E-state index contributed by atoms with van der Waals surface area (Å²) in [6.07, 6.45) is -4.02. The van der Waals surface area contributed by atoms with Crippen molar-refractivity contribution in [3.63, 3.8) is 0 Å². The van der Waals surface area contributed by atoms with Gasteiger partial charge in [0, 0.05) is 42.6 Å². The quantitative estimate of drug-likeness (QED) is 0.138. The Morgan fingerprint density at radius 3 is 2.44 bits per heavy atom. The average Bonchev–Trinajstić information content (AvgIpc) is 3.08. The summed E-state index contributed by atoms with van der Waals surface area (Å²) < 4.78 is 50.3. The van der Waals surface area contributed by atoms with Gasteiger partial charge in [0.2, 0.25) is 0 Å². The molecule has 2 N–H and O–H groups in total. The standard InChI is InChI=1S/C16H18F4N4S2.HI/c1-21-15(23-8-9-25-12-4-2-11(17)3-5-12)22-7-6-14-24-13(10-26-14)16(18,19)20;/h2-5,10H,6-9H2,1H3,(H2,21,22,23);1H. The minimum absolute atomic E-state index is 0. The van der Waals surface area contributed by atoms with Crippen molar-refractivity contribution >= 4 is 53.0 Å². The first-order valence-corrected chi connectivity index (χ1v) is 9.59. The zero-order chi connectivity index (χ0) is 19.0. The van der Waals surface area contributed by atoms with E-state index < -0.39 is 11.9 Å². The number of nitrogens with one attached hydrogen (secondary N) is 2. The molecule has 4 nitrogen and oxygen atoms in total. The van der Waals surface area contributed by atoms with Crippen molar-refractivity contribution < 1.29 is 17.6 Å². The topological polar surface area (TPSA) is 49.3 Å². The molecule has 0 aliphatic carbocycles. The Morgan fingerprint density at radius 1 is 1.19 bits per heavy atom. The summed E-state index contributed by atoms with van der Waals surface area (Å²) in [6.45, 7) is 1.06. The smallest absolute Gasteiger partial charge is 0.356 e. The van der Waals surface area contributed by atoms with Gasteiger partial charge in [0.1, 0.15) is 5.82 Å². The summed E-state index contributed by atoms with van der Waals surface area (Å²) in [5.41, 5.74) is -0.849. The molecule has 1 aromatic carbocycles. The van der Waals surface area contributed by atoms with E-state index in [0.29, 0.717) is 30.5 Å². The fourth-order valence-corrected chi connectivity index (χ4v) is 3.51. The molecule has 0 fully saturated rings. The van der Waals surface area contributed by atoms with Gasteiger partial charge < -0.3 is 10.6 Å². The molecule has 0 aliphatic heterocycles. The van der Waals surface area contributed by atoms with Crippen LogP contribution in [0.1, 0.15) is 10.7 Å². The van der Waals surface area contributed by atoms with Crippen molar-refractivity contribution in [1.29, 1.82) is 0 Å². The Labute approximate surface area is 180 Å². The Morgan fingerprint density at radius 2 is 1.85 bits per heavy atom. The SMILES string of the molecule is CN=C(NCCSc1ccc(F)cc1)NCCc1nc(C(F)(F)F)cs1.I. The fraction of sp³-hybridized carbons (Fsp3) is 0.375. The third-order valence-electron chi connectivity index (χ3n) is 3.17. The molecule has 27 heavy (non-hydrogen) atoms. The Bertz CT molecular complexity index is 720. The second-order valence-corrected chi connectivity index (χ2v) is 7.21. The number of alkyl halides is 3. The molecule has 0 amide bonds. The van der Waals surface area contributed by atoms with Gasteiger partial charge in [-0.05, 0) is 24.3 Å². The zero-order valence-electron chi connectivity index (χ0n) is 14.3. The summed E-state index contributed by atoms with van der Waals surface area (Å²) >= 11 is 2.57. The van der Waals surface area contributed by atoms with Gasteiger partial charge in [-0.25, -0.2) is 9.37 Å². The van der Waals surface area contributed by atoms with Crippen LogP contribution in [0.3, 0.4) is 0 Å². The number of hydrogen-bond acceptors (Lipinski definition) is 4. The third kappa shape index (κ3) is 8.64. The van der Waals surface area contributed by atoms with Crippen LogP contribution in [-0.2, 0) is 12.6 Å². The highest BCUT2D eigenvalue weighted by molar-refractivity contribution is 14.0. The summed E-state index contributed by atoms with van der Waals surface area (Å²) in [5.74, 6) is 1.06. The van der Waals surface area contributed by atoms with Crippen molar-refractivity contribution in [2.24, 2.45) is 4.99 Å². The highest BCUT2D eigenvalue weighted by Gasteiger charge is 2.33. The molecule has 0 saturated heterocycles. The number of rotatable bonds is 7. The van der Waals surface area contributed by atoms with Gasteiger partial charge in [-0.1, -0.05) is 0 Å². The van der Waals surface area contributed by atoms with Crippen LogP contribution in [0.25, 0.3) is 0 Å². The predicted octanol–water partition coefficient (Wildman–Crippen LogP) is 4.42. The maximum atomic E-state index is 12.8. The molecule has 0 radical (unpaired) electrons. The number of nitrogens with zero attached hydrogens (tertiary/aromatic N) is 2. The largest absolute Gasteiger partial charge is 0.434 e. The lowest BCUT2D eigenvalue weighted by Gasteiger charge is -2.11. The first-order chi connectivity index (χ1) is 12.4. The van der Waals surface area contributed by atoms with Crippen molar-refractivity contribution in [1.82, 2.24) is 15.6 Å². The van der Waals surface area contributed by atoms with Crippen molar-refractivity contribution in [2.75, 3.05) is 25.9 Å². The molecule has 0 bridgehead atoms. The summed E-state index contributed by atoms with van der Waals surface area (Å²) in [5, 5.41) is 7.60. The third-order valence-corrected chi connectivity index (χ3v) is 5.10. The molecule has 2 aromatic rings. The molecule has 0 aliphatic rings. The lowest BCUT2D eigenvalue weighted by molar-refractivity contribution is -0.140. The van der Waals surface area contributed by atoms with Gasteiger partial charge >= 0.3 is 6.18 Å². The predicted molar refractivity (Wildman–Crippen MR) is 113 cm³/mol.